The second-order valence-corrected chi connectivity index (χ2v) is 8.57. The minimum Gasteiger partial charge on any atom is -0.311 e. The lowest BCUT2D eigenvalue weighted by atomic mass is 10.2. The maximum Gasteiger partial charge on any atom is 0.245 e. The van der Waals surface area contributed by atoms with Crippen LogP contribution in [-0.4, -0.2) is 37.9 Å². The van der Waals surface area contributed by atoms with Crippen molar-refractivity contribution in [3.63, 3.8) is 0 Å². The SMILES string of the molecule is CC1CN(S(=O)(=O)c2cc(Cl)sc2Cl)C(C)CN1. The summed E-state index contributed by atoms with van der Waals surface area (Å²) in [5.74, 6) is 0. The van der Waals surface area contributed by atoms with Crippen LogP contribution in [0.4, 0.5) is 0 Å². The summed E-state index contributed by atoms with van der Waals surface area (Å²) in [4.78, 5) is 0.111. The molecule has 0 saturated carbocycles. The van der Waals surface area contributed by atoms with Crippen LogP contribution in [-0.2, 0) is 10.0 Å². The van der Waals surface area contributed by atoms with Crippen molar-refractivity contribution < 1.29 is 8.42 Å². The lowest BCUT2D eigenvalue weighted by Crippen LogP contribution is -2.56. The third kappa shape index (κ3) is 2.69. The van der Waals surface area contributed by atoms with Gasteiger partial charge in [-0.15, -0.1) is 11.3 Å². The van der Waals surface area contributed by atoms with E-state index in [2.05, 4.69) is 5.32 Å². The van der Waals surface area contributed by atoms with Crippen LogP contribution in [0.15, 0.2) is 11.0 Å². The molecule has 0 radical (unpaired) electrons. The van der Waals surface area contributed by atoms with Crippen LogP contribution in [0.25, 0.3) is 0 Å². The zero-order valence-electron chi connectivity index (χ0n) is 9.98. The molecule has 8 heteroatoms. The number of sulfonamides is 1. The molecule has 2 heterocycles. The summed E-state index contributed by atoms with van der Waals surface area (Å²) in [6.45, 7) is 4.90. The summed E-state index contributed by atoms with van der Waals surface area (Å²) in [5, 5.41) is 3.24. The molecule has 0 aliphatic carbocycles. The highest BCUT2D eigenvalue weighted by Crippen LogP contribution is 2.36. The first-order valence-corrected chi connectivity index (χ1v) is 8.53. The van der Waals surface area contributed by atoms with Gasteiger partial charge in [0.15, 0.2) is 0 Å². The predicted octanol–water partition coefficient (Wildman–Crippen LogP) is 2.43. The van der Waals surface area contributed by atoms with Crippen molar-refractivity contribution in [2.75, 3.05) is 13.1 Å². The van der Waals surface area contributed by atoms with Gasteiger partial charge in [0.25, 0.3) is 0 Å². The molecule has 1 N–H and O–H groups in total. The van der Waals surface area contributed by atoms with Gasteiger partial charge in [0, 0.05) is 25.2 Å². The molecule has 0 amide bonds. The Morgan fingerprint density at radius 3 is 2.67 bits per heavy atom. The van der Waals surface area contributed by atoms with Gasteiger partial charge in [-0.05, 0) is 19.9 Å². The first-order valence-electron chi connectivity index (χ1n) is 5.52. The lowest BCUT2D eigenvalue weighted by Gasteiger charge is -2.36. The average molecular weight is 329 g/mol. The summed E-state index contributed by atoms with van der Waals surface area (Å²) < 4.78 is 27.2. The molecule has 0 spiro atoms. The Morgan fingerprint density at radius 2 is 2.11 bits per heavy atom. The topological polar surface area (TPSA) is 49.4 Å². The fourth-order valence-electron chi connectivity index (χ4n) is 1.95. The highest BCUT2D eigenvalue weighted by molar-refractivity contribution is 7.89. The van der Waals surface area contributed by atoms with Crippen LogP contribution in [0.3, 0.4) is 0 Å². The first kappa shape index (κ1) is 14.6. The van der Waals surface area contributed by atoms with Crippen LogP contribution in [0.2, 0.25) is 8.67 Å². The Bertz CT molecular complexity index is 544. The van der Waals surface area contributed by atoms with Crippen molar-refractivity contribution >= 4 is 44.6 Å². The van der Waals surface area contributed by atoms with E-state index in [1.165, 1.54) is 10.4 Å². The molecule has 0 aromatic carbocycles. The molecule has 2 rings (SSSR count). The number of hydrogen-bond donors (Lipinski definition) is 1. The molecular formula is C10H14Cl2N2O2S2. The van der Waals surface area contributed by atoms with Crippen molar-refractivity contribution in [2.24, 2.45) is 0 Å². The van der Waals surface area contributed by atoms with Gasteiger partial charge in [-0.3, -0.25) is 0 Å². The van der Waals surface area contributed by atoms with Crippen LogP contribution in [0.1, 0.15) is 13.8 Å². The third-order valence-electron chi connectivity index (χ3n) is 2.92. The van der Waals surface area contributed by atoms with Crippen LogP contribution in [0, 0.1) is 0 Å². The minimum atomic E-state index is -3.57. The summed E-state index contributed by atoms with van der Waals surface area (Å²) in [6, 6.07) is 1.45. The molecule has 0 bridgehead atoms. The Hall–Kier alpha value is 0.150. The zero-order valence-corrected chi connectivity index (χ0v) is 13.1. The van der Waals surface area contributed by atoms with E-state index in [0.29, 0.717) is 17.4 Å². The van der Waals surface area contributed by atoms with E-state index >= 15 is 0 Å². The fourth-order valence-corrected chi connectivity index (χ4v) is 5.78. The number of rotatable bonds is 2. The average Bonchev–Trinajstić information content (AvgIpc) is 2.62. The summed E-state index contributed by atoms with van der Waals surface area (Å²) >= 11 is 12.8. The van der Waals surface area contributed by atoms with Crippen molar-refractivity contribution in [1.82, 2.24) is 9.62 Å². The predicted molar refractivity (Wildman–Crippen MR) is 75.2 cm³/mol. The van der Waals surface area contributed by atoms with Gasteiger partial charge in [-0.1, -0.05) is 23.2 Å². The normalized spacial score (nSPS) is 26.4. The van der Waals surface area contributed by atoms with Gasteiger partial charge in [0.1, 0.15) is 9.23 Å². The van der Waals surface area contributed by atoms with Crippen molar-refractivity contribution in [3.05, 3.63) is 14.7 Å². The molecule has 18 heavy (non-hydrogen) atoms. The summed E-state index contributed by atoms with van der Waals surface area (Å²) in [6.07, 6.45) is 0. The minimum absolute atomic E-state index is 0.0963. The largest absolute Gasteiger partial charge is 0.311 e. The van der Waals surface area contributed by atoms with Gasteiger partial charge in [0.05, 0.1) is 4.34 Å². The van der Waals surface area contributed by atoms with E-state index in [0.717, 1.165) is 11.3 Å². The monoisotopic (exact) mass is 328 g/mol. The second-order valence-electron chi connectivity index (χ2n) is 4.42. The third-order valence-corrected chi connectivity index (χ3v) is 6.65. The highest BCUT2D eigenvalue weighted by Gasteiger charge is 2.35. The molecule has 102 valence electrons. The number of nitrogens with zero attached hydrogens (tertiary/aromatic N) is 1. The molecule has 4 nitrogen and oxygen atoms in total. The van der Waals surface area contributed by atoms with Gasteiger partial charge in [-0.25, -0.2) is 8.42 Å². The summed E-state index contributed by atoms with van der Waals surface area (Å²) in [5.41, 5.74) is 0. The molecule has 1 aromatic heterocycles. The molecule has 1 aliphatic rings. The Balaban J connectivity index is 2.38. The Morgan fingerprint density at radius 1 is 1.44 bits per heavy atom. The van der Waals surface area contributed by atoms with Gasteiger partial charge >= 0.3 is 0 Å². The van der Waals surface area contributed by atoms with E-state index in [9.17, 15) is 8.42 Å². The second kappa shape index (κ2) is 5.26. The molecule has 1 aromatic rings. The highest BCUT2D eigenvalue weighted by atomic mass is 35.5. The quantitative estimate of drug-likeness (QED) is 0.907. The molecular weight excluding hydrogens is 315 g/mol. The smallest absolute Gasteiger partial charge is 0.245 e. The number of hydrogen-bond acceptors (Lipinski definition) is 4. The van der Waals surface area contributed by atoms with E-state index in [-0.39, 0.29) is 21.3 Å². The Kier molecular flexibility index (Phi) is 4.26. The van der Waals surface area contributed by atoms with Crippen molar-refractivity contribution in [2.45, 2.75) is 30.8 Å². The van der Waals surface area contributed by atoms with E-state index in [1.807, 2.05) is 13.8 Å². The zero-order chi connectivity index (χ0) is 13.5. The van der Waals surface area contributed by atoms with Crippen LogP contribution >= 0.6 is 34.5 Å². The van der Waals surface area contributed by atoms with Gasteiger partial charge in [0.2, 0.25) is 10.0 Å². The van der Waals surface area contributed by atoms with Gasteiger partial charge < -0.3 is 5.32 Å². The number of halogens is 2. The standard InChI is InChI=1S/C10H14Cl2N2O2S2/c1-6-5-14(7(2)4-13-6)18(15,16)8-3-9(11)17-10(8)12/h3,6-7,13H,4-5H2,1-2H3. The molecule has 1 fully saturated rings. The molecule has 1 saturated heterocycles. The number of thiophene rings is 1. The van der Waals surface area contributed by atoms with E-state index < -0.39 is 10.0 Å². The first-order chi connectivity index (χ1) is 8.32. The van der Waals surface area contributed by atoms with Gasteiger partial charge in [-0.2, -0.15) is 4.31 Å². The van der Waals surface area contributed by atoms with Crippen molar-refractivity contribution in [3.8, 4) is 0 Å². The number of nitrogens with one attached hydrogen (secondary N) is 1. The maximum absolute atomic E-state index is 12.5. The summed E-state index contributed by atoms with van der Waals surface area (Å²) in [7, 11) is -3.57. The lowest BCUT2D eigenvalue weighted by molar-refractivity contribution is 0.245. The molecule has 2 atom stereocenters. The number of piperazine rings is 1. The van der Waals surface area contributed by atoms with Crippen molar-refractivity contribution in [1.29, 1.82) is 0 Å². The fraction of sp³-hybridized carbons (Fsp3) is 0.600. The van der Waals surface area contributed by atoms with E-state index in [1.54, 1.807) is 0 Å². The Labute approximate surface area is 121 Å². The van der Waals surface area contributed by atoms with Crippen LogP contribution in [0.5, 0.6) is 0 Å². The molecule has 2 unspecified atom stereocenters. The maximum atomic E-state index is 12.5. The van der Waals surface area contributed by atoms with Crippen LogP contribution < -0.4 is 5.32 Å². The molecule has 1 aliphatic heterocycles. The van der Waals surface area contributed by atoms with E-state index in [4.69, 9.17) is 23.2 Å².